The molecular weight excluding hydrogens is 498 g/mol. The van der Waals surface area contributed by atoms with Crippen LogP contribution in [0.15, 0.2) is 59.6 Å². The summed E-state index contributed by atoms with van der Waals surface area (Å²) in [6.45, 7) is 1.09. The Bertz CT molecular complexity index is 803. The van der Waals surface area contributed by atoms with Gasteiger partial charge in [-0.1, -0.05) is 42.5 Å². The lowest BCUT2D eigenvalue weighted by Gasteiger charge is -2.31. The molecule has 9 heteroatoms. The standard InChI is InChI=1S/C20H22F3N3O2.HI/c21-20(22,23)28-17-11-5-4-10-16(17)26-19(24)25-13-15-9-6-12-27-18(15)14-7-2-1-3-8-14;/h1-5,7-8,10-11,15,18H,6,9,12-13H2,(H3,24,25,26);1H. The molecule has 1 aliphatic heterocycles. The van der Waals surface area contributed by atoms with Gasteiger partial charge in [0.25, 0.3) is 0 Å². The molecule has 0 aliphatic carbocycles. The van der Waals surface area contributed by atoms with Crippen molar-refractivity contribution in [3.63, 3.8) is 0 Å². The highest BCUT2D eigenvalue weighted by molar-refractivity contribution is 14.0. The minimum Gasteiger partial charge on any atom is -0.404 e. The second-order valence-corrected chi connectivity index (χ2v) is 6.50. The van der Waals surface area contributed by atoms with E-state index in [1.54, 1.807) is 6.07 Å². The molecule has 3 rings (SSSR count). The molecule has 0 aromatic heterocycles. The third kappa shape index (κ3) is 7.07. The van der Waals surface area contributed by atoms with Gasteiger partial charge < -0.3 is 20.5 Å². The first-order valence-corrected chi connectivity index (χ1v) is 9.00. The number of rotatable bonds is 5. The van der Waals surface area contributed by atoms with Gasteiger partial charge >= 0.3 is 6.36 Å². The van der Waals surface area contributed by atoms with Crippen molar-refractivity contribution >= 4 is 35.6 Å². The number of nitrogens with two attached hydrogens (primary N) is 1. The van der Waals surface area contributed by atoms with Gasteiger partial charge in [-0.2, -0.15) is 0 Å². The van der Waals surface area contributed by atoms with Gasteiger partial charge in [0.15, 0.2) is 11.7 Å². The molecule has 1 saturated heterocycles. The van der Waals surface area contributed by atoms with Gasteiger partial charge in [0.2, 0.25) is 0 Å². The van der Waals surface area contributed by atoms with Crippen LogP contribution in [0.2, 0.25) is 0 Å². The molecule has 2 aromatic rings. The molecule has 29 heavy (non-hydrogen) atoms. The quantitative estimate of drug-likeness (QED) is 0.327. The van der Waals surface area contributed by atoms with Gasteiger partial charge in [-0.05, 0) is 30.5 Å². The summed E-state index contributed by atoms with van der Waals surface area (Å²) >= 11 is 0. The third-order valence-electron chi connectivity index (χ3n) is 4.44. The average molecular weight is 521 g/mol. The topological polar surface area (TPSA) is 68.9 Å². The summed E-state index contributed by atoms with van der Waals surface area (Å²) in [4.78, 5) is 4.32. The van der Waals surface area contributed by atoms with Crippen molar-refractivity contribution in [2.75, 3.05) is 18.5 Å². The van der Waals surface area contributed by atoms with Crippen molar-refractivity contribution in [2.24, 2.45) is 16.6 Å². The summed E-state index contributed by atoms with van der Waals surface area (Å²) in [5.41, 5.74) is 7.08. The van der Waals surface area contributed by atoms with E-state index >= 15 is 0 Å². The number of guanidine groups is 1. The van der Waals surface area contributed by atoms with E-state index in [4.69, 9.17) is 10.5 Å². The van der Waals surface area contributed by atoms with E-state index in [0.29, 0.717) is 13.2 Å². The van der Waals surface area contributed by atoms with Crippen LogP contribution in [-0.4, -0.2) is 25.5 Å². The number of hydrogen-bond acceptors (Lipinski definition) is 3. The van der Waals surface area contributed by atoms with Crippen LogP contribution < -0.4 is 15.8 Å². The number of nitrogens with one attached hydrogen (secondary N) is 1. The van der Waals surface area contributed by atoms with Crippen LogP contribution in [0, 0.1) is 5.92 Å². The fraction of sp³-hybridized carbons (Fsp3) is 0.350. The fourth-order valence-corrected chi connectivity index (χ4v) is 3.22. The first kappa shape index (κ1) is 23.3. The van der Waals surface area contributed by atoms with E-state index in [1.807, 2.05) is 30.3 Å². The Hall–Kier alpha value is -2.01. The van der Waals surface area contributed by atoms with E-state index in [2.05, 4.69) is 15.0 Å². The van der Waals surface area contributed by atoms with Gasteiger partial charge in [0, 0.05) is 19.1 Å². The van der Waals surface area contributed by atoms with Crippen LogP contribution in [0.3, 0.4) is 0 Å². The zero-order valence-corrected chi connectivity index (χ0v) is 17.9. The van der Waals surface area contributed by atoms with Crippen LogP contribution in [-0.2, 0) is 4.74 Å². The molecule has 0 amide bonds. The summed E-state index contributed by atoms with van der Waals surface area (Å²) < 4.78 is 47.5. The van der Waals surface area contributed by atoms with Gasteiger partial charge in [-0.25, -0.2) is 0 Å². The van der Waals surface area contributed by atoms with E-state index in [0.717, 1.165) is 18.4 Å². The third-order valence-corrected chi connectivity index (χ3v) is 4.44. The lowest BCUT2D eigenvalue weighted by Crippen LogP contribution is -2.28. The second kappa shape index (κ2) is 10.7. The van der Waals surface area contributed by atoms with Crippen LogP contribution in [0.25, 0.3) is 0 Å². The van der Waals surface area contributed by atoms with Crippen LogP contribution >= 0.6 is 24.0 Å². The SMILES string of the molecule is I.NC(=NCC1CCCOC1c1ccccc1)Nc1ccccc1OC(F)(F)F. The predicted octanol–water partition coefficient (Wildman–Crippen LogP) is 5.10. The molecule has 2 aromatic carbocycles. The molecule has 5 nitrogen and oxygen atoms in total. The molecule has 0 bridgehead atoms. The Balaban J connectivity index is 0.00000300. The Morgan fingerprint density at radius 1 is 1.14 bits per heavy atom. The van der Waals surface area contributed by atoms with Crippen LogP contribution in [0.4, 0.5) is 18.9 Å². The van der Waals surface area contributed by atoms with Gasteiger partial charge in [0.05, 0.1) is 11.8 Å². The summed E-state index contributed by atoms with van der Waals surface area (Å²) in [7, 11) is 0. The van der Waals surface area contributed by atoms with Gasteiger partial charge in [0.1, 0.15) is 0 Å². The van der Waals surface area contributed by atoms with E-state index < -0.39 is 6.36 Å². The molecular formula is C20H23F3IN3O2. The average Bonchev–Trinajstić information content (AvgIpc) is 2.68. The summed E-state index contributed by atoms with van der Waals surface area (Å²) in [6, 6.07) is 15.6. The summed E-state index contributed by atoms with van der Waals surface area (Å²) in [5.74, 6) is -0.204. The number of ether oxygens (including phenoxy) is 2. The molecule has 1 heterocycles. The van der Waals surface area contributed by atoms with E-state index in [1.165, 1.54) is 18.2 Å². The largest absolute Gasteiger partial charge is 0.573 e. The van der Waals surface area contributed by atoms with Gasteiger partial charge in [-0.3, -0.25) is 4.99 Å². The number of aliphatic imine (C=N–C) groups is 1. The Morgan fingerprint density at radius 2 is 1.83 bits per heavy atom. The van der Waals surface area contributed by atoms with Crippen LogP contribution in [0.1, 0.15) is 24.5 Å². The Morgan fingerprint density at radius 3 is 2.55 bits per heavy atom. The number of halogens is 4. The number of para-hydroxylation sites is 2. The maximum absolute atomic E-state index is 12.5. The predicted molar refractivity (Wildman–Crippen MR) is 117 cm³/mol. The molecule has 0 radical (unpaired) electrons. The van der Waals surface area contributed by atoms with E-state index in [9.17, 15) is 13.2 Å². The van der Waals surface area contributed by atoms with Crippen molar-refractivity contribution in [1.82, 2.24) is 0 Å². The number of benzene rings is 2. The normalized spacial score (nSPS) is 19.9. The summed E-state index contributed by atoms with van der Waals surface area (Å²) in [6.07, 6.45) is -3.00. The van der Waals surface area contributed by atoms with E-state index in [-0.39, 0.29) is 53.4 Å². The highest BCUT2D eigenvalue weighted by Gasteiger charge is 2.32. The lowest BCUT2D eigenvalue weighted by molar-refractivity contribution is -0.274. The molecule has 3 N–H and O–H groups in total. The fourth-order valence-electron chi connectivity index (χ4n) is 3.22. The number of alkyl halides is 3. The summed E-state index contributed by atoms with van der Waals surface area (Å²) in [5, 5.41) is 2.69. The zero-order valence-electron chi connectivity index (χ0n) is 15.6. The van der Waals surface area contributed by atoms with Crippen molar-refractivity contribution in [2.45, 2.75) is 25.3 Å². The highest BCUT2D eigenvalue weighted by Crippen LogP contribution is 2.34. The lowest BCUT2D eigenvalue weighted by atomic mass is 9.89. The maximum atomic E-state index is 12.5. The van der Waals surface area contributed by atoms with Crippen molar-refractivity contribution < 1.29 is 22.6 Å². The highest BCUT2D eigenvalue weighted by atomic mass is 127. The minimum absolute atomic E-state index is 0. The second-order valence-electron chi connectivity index (χ2n) is 6.50. The smallest absolute Gasteiger partial charge is 0.404 e. The Labute approximate surface area is 184 Å². The monoisotopic (exact) mass is 521 g/mol. The number of anilines is 1. The number of nitrogens with zero attached hydrogens (tertiary/aromatic N) is 1. The number of hydrogen-bond donors (Lipinski definition) is 2. The molecule has 1 aliphatic rings. The van der Waals surface area contributed by atoms with Gasteiger partial charge in [-0.15, -0.1) is 37.1 Å². The molecule has 0 saturated carbocycles. The maximum Gasteiger partial charge on any atom is 0.573 e. The van der Waals surface area contributed by atoms with Crippen molar-refractivity contribution in [1.29, 1.82) is 0 Å². The minimum atomic E-state index is -4.79. The molecule has 2 unspecified atom stereocenters. The zero-order chi connectivity index (χ0) is 20.0. The molecule has 158 valence electrons. The Kier molecular flexibility index (Phi) is 8.57. The van der Waals surface area contributed by atoms with Crippen molar-refractivity contribution in [3.8, 4) is 5.75 Å². The van der Waals surface area contributed by atoms with Crippen molar-refractivity contribution in [3.05, 3.63) is 60.2 Å². The molecule has 1 fully saturated rings. The first-order valence-electron chi connectivity index (χ1n) is 9.00. The molecule has 2 atom stereocenters. The molecule has 0 spiro atoms. The van der Waals surface area contributed by atoms with Crippen LogP contribution in [0.5, 0.6) is 5.75 Å². The first-order chi connectivity index (χ1) is 13.4.